The van der Waals surface area contributed by atoms with Crippen molar-refractivity contribution in [3.63, 3.8) is 0 Å². The molecule has 0 bridgehead atoms. The molecule has 0 spiro atoms. The Morgan fingerprint density at radius 2 is 1.68 bits per heavy atom. The van der Waals surface area contributed by atoms with Gasteiger partial charge in [0.2, 0.25) is 0 Å². The fraction of sp³-hybridized carbons (Fsp3) is 0.207. The molecule has 0 atom stereocenters. The van der Waals surface area contributed by atoms with E-state index in [2.05, 4.69) is 0 Å². The first-order valence-electron chi connectivity index (χ1n) is 12.1. The first-order chi connectivity index (χ1) is 18.5. The number of anilines is 1. The first-order valence-corrected chi connectivity index (χ1v) is 12.1. The molecule has 192 valence electrons. The molecule has 6 rings (SSSR count). The van der Waals surface area contributed by atoms with Crippen LogP contribution in [0.2, 0.25) is 0 Å². The number of benzene rings is 3. The van der Waals surface area contributed by atoms with Crippen LogP contribution in [0.25, 0.3) is 11.0 Å². The quantitative estimate of drug-likeness (QED) is 0.349. The zero-order valence-corrected chi connectivity index (χ0v) is 20.5. The minimum absolute atomic E-state index is 0.0322. The monoisotopic (exact) mass is 513 g/mol. The van der Waals surface area contributed by atoms with E-state index >= 15 is 0 Å². The summed E-state index contributed by atoms with van der Waals surface area (Å²) in [5.41, 5.74) is 2.25. The number of ether oxygens (including phenoxy) is 4. The first kappa shape index (κ1) is 23.6. The average Bonchev–Trinajstić information content (AvgIpc) is 3.22. The van der Waals surface area contributed by atoms with E-state index in [4.69, 9.17) is 23.4 Å². The van der Waals surface area contributed by atoms with Gasteiger partial charge in [0.25, 0.3) is 5.91 Å². The maximum atomic E-state index is 13.3. The highest BCUT2D eigenvalue weighted by Crippen LogP contribution is 2.34. The molecule has 3 aromatic carbocycles. The average molecular weight is 514 g/mol. The van der Waals surface area contributed by atoms with Gasteiger partial charge >= 0.3 is 0 Å². The summed E-state index contributed by atoms with van der Waals surface area (Å²) < 4.78 is 28.2. The minimum Gasteiger partial charge on any atom is -0.490 e. The van der Waals surface area contributed by atoms with E-state index in [-0.39, 0.29) is 30.7 Å². The van der Waals surface area contributed by atoms with Crippen LogP contribution >= 0.6 is 0 Å². The second-order valence-corrected chi connectivity index (χ2v) is 8.98. The van der Waals surface area contributed by atoms with Crippen LogP contribution in [0, 0.1) is 0 Å². The van der Waals surface area contributed by atoms with E-state index < -0.39 is 0 Å². The topological polar surface area (TPSA) is 105 Å². The number of amides is 1. The van der Waals surface area contributed by atoms with Gasteiger partial charge < -0.3 is 28.3 Å². The molecule has 0 saturated heterocycles. The Labute approximate surface area is 217 Å². The molecule has 0 fully saturated rings. The molecule has 3 heterocycles. The fourth-order valence-electron chi connectivity index (χ4n) is 4.41. The highest BCUT2D eigenvalue weighted by molar-refractivity contribution is 6.16. The molecule has 0 saturated carbocycles. The van der Waals surface area contributed by atoms with Crippen molar-refractivity contribution in [3.05, 3.63) is 77.6 Å². The van der Waals surface area contributed by atoms with Crippen LogP contribution in [-0.4, -0.2) is 50.9 Å². The molecule has 2 aliphatic rings. The number of nitrogens with zero attached hydrogens (tertiary/aromatic N) is 1. The SMILES string of the molecule is CN1C(=O)COc2ccc(C(=O)COc3ccc4occ(C(=O)c5ccc6c(c5)OCCCO6)c4c3)cc21. The van der Waals surface area contributed by atoms with Crippen molar-refractivity contribution in [3.8, 4) is 23.0 Å². The van der Waals surface area contributed by atoms with Crippen LogP contribution in [0.1, 0.15) is 32.7 Å². The van der Waals surface area contributed by atoms with E-state index in [1.54, 1.807) is 61.6 Å². The van der Waals surface area contributed by atoms with Gasteiger partial charge in [0.1, 0.15) is 23.3 Å². The number of furan rings is 1. The molecule has 0 unspecified atom stereocenters. The van der Waals surface area contributed by atoms with Gasteiger partial charge in [0.15, 0.2) is 36.3 Å². The van der Waals surface area contributed by atoms with Crippen LogP contribution < -0.4 is 23.8 Å². The van der Waals surface area contributed by atoms with Crippen LogP contribution in [0.5, 0.6) is 23.0 Å². The van der Waals surface area contributed by atoms with Crippen molar-refractivity contribution in [2.45, 2.75) is 6.42 Å². The fourth-order valence-corrected chi connectivity index (χ4v) is 4.41. The van der Waals surface area contributed by atoms with Crippen molar-refractivity contribution >= 4 is 34.1 Å². The number of hydrogen-bond acceptors (Lipinski definition) is 8. The molecule has 0 aliphatic carbocycles. The zero-order valence-electron chi connectivity index (χ0n) is 20.5. The lowest BCUT2D eigenvalue weighted by Crippen LogP contribution is -2.35. The van der Waals surface area contributed by atoms with Crippen LogP contribution in [0.15, 0.2) is 65.3 Å². The Balaban J connectivity index is 1.20. The second-order valence-electron chi connectivity index (χ2n) is 8.98. The zero-order chi connectivity index (χ0) is 26.2. The lowest BCUT2D eigenvalue weighted by Gasteiger charge is -2.26. The summed E-state index contributed by atoms with van der Waals surface area (Å²) in [4.78, 5) is 39.6. The van der Waals surface area contributed by atoms with Crippen LogP contribution in [0.4, 0.5) is 5.69 Å². The molecule has 0 N–H and O–H groups in total. The van der Waals surface area contributed by atoms with Crippen molar-refractivity contribution in [2.75, 3.05) is 38.4 Å². The van der Waals surface area contributed by atoms with Gasteiger partial charge in [-0.05, 0) is 54.6 Å². The van der Waals surface area contributed by atoms with E-state index in [1.807, 2.05) is 0 Å². The number of carbonyl (C=O) groups excluding carboxylic acids is 3. The van der Waals surface area contributed by atoms with E-state index in [9.17, 15) is 14.4 Å². The molecule has 4 aromatic rings. The number of Topliss-reactive ketones (excluding diaryl/α,β-unsaturated/α-hetero) is 1. The van der Waals surface area contributed by atoms with Crippen molar-refractivity contribution in [2.24, 2.45) is 0 Å². The smallest absolute Gasteiger partial charge is 0.264 e. The van der Waals surface area contributed by atoms with E-state index in [0.29, 0.717) is 69.6 Å². The summed E-state index contributed by atoms with van der Waals surface area (Å²) in [6.07, 6.45) is 2.19. The number of fused-ring (bicyclic) bond motifs is 3. The van der Waals surface area contributed by atoms with Gasteiger partial charge in [0, 0.05) is 30.0 Å². The standard InChI is InChI=1S/C29H23NO8/c1-30-22-11-17(3-6-25(22)38-16-28(30)32)23(31)15-36-19-5-8-24-20(13-19)21(14-37-24)29(33)18-4-7-26-27(12-18)35-10-2-9-34-26/h3-8,11-14H,2,9-10,15-16H2,1H3. The molecule has 9 heteroatoms. The van der Waals surface area contributed by atoms with Crippen LogP contribution in [0.3, 0.4) is 0 Å². The Bertz CT molecular complexity index is 1590. The number of ketones is 2. The van der Waals surface area contributed by atoms with Crippen molar-refractivity contribution in [1.82, 2.24) is 0 Å². The third kappa shape index (κ3) is 4.32. The van der Waals surface area contributed by atoms with Crippen molar-refractivity contribution in [1.29, 1.82) is 0 Å². The lowest BCUT2D eigenvalue weighted by atomic mass is 10.0. The van der Waals surface area contributed by atoms with Crippen molar-refractivity contribution < 1.29 is 37.7 Å². The largest absolute Gasteiger partial charge is 0.490 e. The molecule has 38 heavy (non-hydrogen) atoms. The third-order valence-electron chi connectivity index (χ3n) is 6.54. The van der Waals surface area contributed by atoms with Gasteiger partial charge in [-0.2, -0.15) is 0 Å². The van der Waals surface area contributed by atoms with Gasteiger partial charge in [-0.15, -0.1) is 0 Å². The summed E-state index contributed by atoms with van der Waals surface area (Å²) >= 11 is 0. The van der Waals surface area contributed by atoms with Gasteiger partial charge in [-0.3, -0.25) is 14.4 Å². The predicted molar refractivity (Wildman–Crippen MR) is 137 cm³/mol. The molecule has 2 aliphatic heterocycles. The number of hydrogen-bond donors (Lipinski definition) is 0. The number of rotatable bonds is 6. The molecular formula is C29H23NO8. The molecular weight excluding hydrogens is 490 g/mol. The summed E-state index contributed by atoms with van der Waals surface area (Å²) in [7, 11) is 1.64. The van der Waals surface area contributed by atoms with Gasteiger partial charge in [0.05, 0.1) is 24.5 Å². The molecule has 1 amide bonds. The highest BCUT2D eigenvalue weighted by Gasteiger charge is 2.24. The summed E-state index contributed by atoms with van der Waals surface area (Å²) in [6, 6.07) is 15.1. The second kappa shape index (κ2) is 9.59. The summed E-state index contributed by atoms with van der Waals surface area (Å²) in [5.74, 6) is 1.41. The Morgan fingerprint density at radius 3 is 2.55 bits per heavy atom. The van der Waals surface area contributed by atoms with E-state index in [1.165, 1.54) is 11.2 Å². The minimum atomic E-state index is -0.269. The Morgan fingerprint density at radius 1 is 0.895 bits per heavy atom. The summed E-state index contributed by atoms with van der Waals surface area (Å²) in [5, 5.41) is 0.568. The maximum Gasteiger partial charge on any atom is 0.264 e. The Hall–Kier alpha value is -4.79. The number of carbonyl (C=O) groups is 3. The molecule has 1 aromatic heterocycles. The number of likely N-dealkylation sites (N-methyl/N-ethyl adjacent to an activating group) is 1. The normalized spacial score (nSPS) is 14.4. The molecule has 0 radical (unpaired) electrons. The van der Waals surface area contributed by atoms with E-state index in [0.717, 1.165) is 6.42 Å². The van der Waals surface area contributed by atoms with Gasteiger partial charge in [-0.1, -0.05) is 0 Å². The Kier molecular flexibility index (Phi) is 5.95. The lowest BCUT2D eigenvalue weighted by molar-refractivity contribution is -0.121. The summed E-state index contributed by atoms with van der Waals surface area (Å²) in [6.45, 7) is 0.823. The predicted octanol–water partition coefficient (Wildman–Crippen LogP) is 4.44. The maximum absolute atomic E-state index is 13.3. The van der Waals surface area contributed by atoms with Gasteiger partial charge in [-0.25, -0.2) is 0 Å². The molecule has 9 nitrogen and oxygen atoms in total. The highest BCUT2D eigenvalue weighted by atomic mass is 16.5. The van der Waals surface area contributed by atoms with Crippen LogP contribution in [-0.2, 0) is 4.79 Å². The third-order valence-corrected chi connectivity index (χ3v) is 6.54.